The number of aliphatic hydroxyl groups is 1. The minimum atomic E-state index is -0.766. The van der Waals surface area contributed by atoms with Gasteiger partial charge in [-0.1, -0.05) is 0 Å². The SMILES string of the molecule is Cc1cnc(N)c(C(O)c2cc(C)nc(C)c2)c1. The maximum absolute atomic E-state index is 10.4. The Balaban J connectivity index is 2.47. The Morgan fingerprint density at radius 3 is 2.33 bits per heavy atom. The largest absolute Gasteiger partial charge is 0.384 e. The van der Waals surface area contributed by atoms with Gasteiger partial charge in [0, 0.05) is 23.1 Å². The Kier molecular flexibility index (Phi) is 3.30. The zero-order chi connectivity index (χ0) is 13.3. The molecule has 0 aliphatic heterocycles. The lowest BCUT2D eigenvalue weighted by molar-refractivity contribution is 0.220. The molecule has 0 radical (unpaired) electrons. The van der Waals surface area contributed by atoms with Gasteiger partial charge in [0.2, 0.25) is 0 Å². The van der Waals surface area contributed by atoms with Crippen molar-refractivity contribution in [2.75, 3.05) is 5.73 Å². The van der Waals surface area contributed by atoms with Gasteiger partial charge in [-0.15, -0.1) is 0 Å². The number of hydrogen-bond acceptors (Lipinski definition) is 4. The summed E-state index contributed by atoms with van der Waals surface area (Å²) in [7, 11) is 0. The van der Waals surface area contributed by atoms with Crippen LogP contribution in [-0.2, 0) is 0 Å². The van der Waals surface area contributed by atoms with Gasteiger partial charge >= 0.3 is 0 Å². The summed E-state index contributed by atoms with van der Waals surface area (Å²) in [6.45, 7) is 5.73. The fraction of sp³-hybridized carbons (Fsp3) is 0.286. The average Bonchev–Trinajstić information content (AvgIpc) is 2.30. The average molecular weight is 243 g/mol. The maximum Gasteiger partial charge on any atom is 0.129 e. The molecular weight excluding hydrogens is 226 g/mol. The molecule has 2 aromatic heterocycles. The summed E-state index contributed by atoms with van der Waals surface area (Å²) in [6.07, 6.45) is 0.923. The lowest BCUT2D eigenvalue weighted by Gasteiger charge is -2.15. The van der Waals surface area contributed by atoms with Gasteiger partial charge in [-0.3, -0.25) is 4.98 Å². The van der Waals surface area contributed by atoms with Crippen LogP contribution in [-0.4, -0.2) is 15.1 Å². The van der Waals surface area contributed by atoms with Crippen LogP contribution in [0.2, 0.25) is 0 Å². The summed E-state index contributed by atoms with van der Waals surface area (Å²) >= 11 is 0. The van der Waals surface area contributed by atoms with Gasteiger partial charge in [0.15, 0.2) is 0 Å². The van der Waals surface area contributed by atoms with Gasteiger partial charge in [-0.25, -0.2) is 4.98 Å². The van der Waals surface area contributed by atoms with E-state index in [1.165, 1.54) is 0 Å². The standard InChI is InChI=1S/C14H17N3O/c1-8-4-12(14(15)16-7-8)13(18)11-5-9(2)17-10(3)6-11/h4-7,13,18H,1-3H3,(H2,15,16). The zero-order valence-electron chi connectivity index (χ0n) is 10.8. The fourth-order valence-electron chi connectivity index (χ4n) is 2.03. The second-order valence-electron chi connectivity index (χ2n) is 4.57. The lowest BCUT2D eigenvalue weighted by atomic mass is 10.0. The molecule has 94 valence electrons. The number of nitrogens with zero attached hydrogens (tertiary/aromatic N) is 2. The molecule has 0 amide bonds. The number of aliphatic hydroxyl groups excluding tert-OH is 1. The van der Waals surface area contributed by atoms with E-state index in [4.69, 9.17) is 5.73 Å². The number of nitrogen functional groups attached to an aromatic ring is 1. The minimum Gasteiger partial charge on any atom is -0.384 e. The van der Waals surface area contributed by atoms with Crippen LogP contribution >= 0.6 is 0 Å². The summed E-state index contributed by atoms with van der Waals surface area (Å²) < 4.78 is 0. The van der Waals surface area contributed by atoms with E-state index in [1.54, 1.807) is 6.20 Å². The van der Waals surface area contributed by atoms with Gasteiger partial charge in [-0.2, -0.15) is 0 Å². The van der Waals surface area contributed by atoms with E-state index in [0.29, 0.717) is 11.4 Å². The van der Waals surface area contributed by atoms with Crippen LogP contribution < -0.4 is 5.73 Å². The molecule has 2 aromatic rings. The number of anilines is 1. The Hall–Kier alpha value is -1.94. The van der Waals surface area contributed by atoms with Gasteiger partial charge in [0.05, 0.1) is 0 Å². The molecule has 0 bridgehead atoms. The topological polar surface area (TPSA) is 72.0 Å². The number of aromatic nitrogens is 2. The highest BCUT2D eigenvalue weighted by Crippen LogP contribution is 2.26. The first kappa shape index (κ1) is 12.5. The first-order chi connectivity index (χ1) is 8.47. The summed E-state index contributed by atoms with van der Waals surface area (Å²) in [5, 5.41) is 10.4. The highest BCUT2D eigenvalue weighted by molar-refractivity contribution is 5.46. The second kappa shape index (κ2) is 4.74. The number of nitrogens with two attached hydrogens (primary N) is 1. The van der Waals surface area contributed by atoms with Crippen LogP contribution in [0.15, 0.2) is 24.4 Å². The smallest absolute Gasteiger partial charge is 0.129 e. The van der Waals surface area contributed by atoms with Crippen molar-refractivity contribution in [3.63, 3.8) is 0 Å². The summed E-state index contributed by atoms with van der Waals surface area (Å²) in [4.78, 5) is 8.36. The second-order valence-corrected chi connectivity index (χ2v) is 4.57. The van der Waals surface area contributed by atoms with Gasteiger partial charge in [0.25, 0.3) is 0 Å². The molecule has 0 saturated heterocycles. The molecule has 4 heteroatoms. The van der Waals surface area contributed by atoms with E-state index in [0.717, 1.165) is 22.5 Å². The fourth-order valence-corrected chi connectivity index (χ4v) is 2.03. The highest BCUT2D eigenvalue weighted by Gasteiger charge is 2.15. The van der Waals surface area contributed by atoms with E-state index in [-0.39, 0.29) is 0 Å². The van der Waals surface area contributed by atoms with E-state index in [9.17, 15) is 5.11 Å². The van der Waals surface area contributed by atoms with Crippen LogP contribution in [0, 0.1) is 20.8 Å². The highest BCUT2D eigenvalue weighted by atomic mass is 16.3. The van der Waals surface area contributed by atoms with E-state index in [2.05, 4.69) is 9.97 Å². The van der Waals surface area contributed by atoms with Crippen LogP contribution in [0.3, 0.4) is 0 Å². The third kappa shape index (κ3) is 2.49. The molecule has 0 saturated carbocycles. The molecule has 0 aliphatic rings. The predicted octanol–water partition coefficient (Wildman–Crippen LogP) is 2.07. The quantitative estimate of drug-likeness (QED) is 0.847. The van der Waals surface area contributed by atoms with E-state index in [1.807, 2.05) is 39.0 Å². The maximum atomic E-state index is 10.4. The molecule has 18 heavy (non-hydrogen) atoms. The monoisotopic (exact) mass is 243 g/mol. The molecule has 0 aromatic carbocycles. The first-order valence-electron chi connectivity index (χ1n) is 5.82. The van der Waals surface area contributed by atoms with E-state index >= 15 is 0 Å². The Bertz CT molecular complexity index is 561. The number of aryl methyl sites for hydroxylation is 3. The van der Waals surface area contributed by atoms with Crippen molar-refractivity contribution in [2.45, 2.75) is 26.9 Å². The Labute approximate surface area is 107 Å². The van der Waals surface area contributed by atoms with Gasteiger partial charge in [-0.05, 0) is 50.1 Å². The molecular formula is C14H17N3O. The zero-order valence-corrected chi connectivity index (χ0v) is 10.8. The number of pyridine rings is 2. The minimum absolute atomic E-state index is 0.361. The third-order valence-corrected chi connectivity index (χ3v) is 2.80. The van der Waals surface area contributed by atoms with Crippen molar-refractivity contribution < 1.29 is 5.11 Å². The van der Waals surface area contributed by atoms with E-state index < -0.39 is 6.10 Å². The van der Waals surface area contributed by atoms with Crippen molar-refractivity contribution in [3.8, 4) is 0 Å². The Morgan fingerprint density at radius 2 is 1.72 bits per heavy atom. The van der Waals surface area contributed by atoms with Crippen LogP contribution in [0.5, 0.6) is 0 Å². The van der Waals surface area contributed by atoms with Gasteiger partial charge in [0.1, 0.15) is 11.9 Å². The van der Waals surface area contributed by atoms with Crippen LogP contribution in [0.25, 0.3) is 0 Å². The molecule has 0 spiro atoms. The Morgan fingerprint density at radius 1 is 1.11 bits per heavy atom. The number of hydrogen-bond donors (Lipinski definition) is 2. The normalized spacial score (nSPS) is 12.4. The summed E-state index contributed by atoms with van der Waals surface area (Å²) in [5.41, 5.74) is 9.98. The van der Waals surface area contributed by atoms with Crippen molar-refractivity contribution in [3.05, 3.63) is 52.5 Å². The molecule has 1 atom stereocenters. The van der Waals surface area contributed by atoms with Crippen LogP contribution in [0.1, 0.15) is 34.2 Å². The summed E-state index contributed by atoms with van der Waals surface area (Å²) in [6, 6.07) is 5.58. The molecule has 0 fully saturated rings. The van der Waals surface area contributed by atoms with Crippen molar-refractivity contribution in [2.24, 2.45) is 0 Å². The summed E-state index contributed by atoms with van der Waals surface area (Å²) in [5.74, 6) is 0.361. The molecule has 3 N–H and O–H groups in total. The molecule has 2 rings (SSSR count). The van der Waals surface area contributed by atoms with Crippen molar-refractivity contribution >= 4 is 5.82 Å². The molecule has 4 nitrogen and oxygen atoms in total. The third-order valence-electron chi connectivity index (χ3n) is 2.80. The lowest BCUT2D eigenvalue weighted by Crippen LogP contribution is -2.07. The molecule has 2 heterocycles. The first-order valence-corrected chi connectivity index (χ1v) is 5.82. The van der Waals surface area contributed by atoms with Crippen LogP contribution in [0.4, 0.5) is 5.82 Å². The molecule has 0 aliphatic carbocycles. The van der Waals surface area contributed by atoms with Crippen molar-refractivity contribution in [1.29, 1.82) is 0 Å². The van der Waals surface area contributed by atoms with Gasteiger partial charge < -0.3 is 10.8 Å². The predicted molar refractivity (Wildman–Crippen MR) is 71.2 cm³/mol. The number of rotatable bonds is 2. The van der Waals surface area contributed by atoms with Crippen molar-refractivity contribution in [1.82, 2.24) is 9.97 Å². The molecule has 1 unspecified atom stereocenters.